The maximum atomic E-state index is 13.1. The Hall–Kier alpha value is -1.98. The summed E-state index contributed by atoms with van der Waals surface area (Å²) < 4.78 is 13.1. The number of benzene rings is 1. The van der Waals surface area contributed by atoms with E-state index in [0.717, 1.165) is 12.1 Å². The Kier molecular flexibility index (Phi) is 6.91. The SMILES string of the molecule is Cc1cccnc1CC(C)N(C)CCC(=O)Nc1ccc(F)c(Cl)c1. The van der Waals surface area contributed by atoms with Gasteiger partial charge in [-0.1, -0.05) is 17.7 Å². The van der Waals surface area contributed by atoms with E-state index in [4.69, 9.17) is 11.6 Å². The summed E-state index contributed by atoms with van der Waals surface area (Å²) in [5, 5.41) is 2.73. The van der Waals surface area contributed by atoms with Gasteiger partial charge in [-0.25, -0.2) is 4.39 Å². The zero-order chi connectivity index (χ0) is 18.4. The molecular weight excluding hydrogens is 341 g/mol. The van der Waals surface area contributed by atoms with Crippen molar-refractivity contribution in [3.8, 4) is 0 Å². The number of amides is 1. The Morgan fingerprint density at radius 1 is 1.40 bits per heavy atom. The Balaban J connectivity index is 1.82. The topological polar surface area (TPSA) is 45.2 Å². The van der Waals surface area contributed by atoms with Gasteiger partial charge in [0.25, 0.3) is 0 Å². The van der Waals surface area contributed by atoms with Crippen LogP contribution in [0.2, 0.25) is 5.02 Å². The van der Waals surface area contributed by atoms with Crippen LogP contribution in [0.15, 0.2) is 36.5 Å². The summed E-state index contributed by atoms with van der Waals surface area (Å²) in [7, 11) is 1.99. The van der Waals surface area contributed by atoms with E-state index in [1.165, 1.54) is 23.8 Å². The highest BCUT2D eigenvalue weighted by atomic mass is 35.5. The number of nitrogens with one attached hydrogen (secondary N) is 1. The average molecular weight is 364 g/mol. The molecule has 4 nitrogen and oxygen atoms in total. The van der Waals surface area contributed by atoms with Gasteiger partial charge in [0.1, 0.15) is 5.82 Å². The van der Waals surface area contributed by atoms with Gasteiger partial charge in [0.2, 0.25) is 5.91 Å². The van der Waals surface area contributed by atoms with Crippen molar-refractivity contribution in [2.24, 2.45) is 0 Å². The third kappa shape index (κ3) is 5.80. The molecule has 6 heteroatoms. The molecule has 1 aromatic heterocycles. The fourth-order valence-corrected chi connectivity index (χ4v) is 2.64. The normalized spacial score (nSPS) is 12.2. The first-order chi connectivity index (χ1) is 11.9. The molecule has 1 amide bonds. The molecule has 0 aliphatic rings. The van der Waals surface area contributed by atoms with Gasteiger partial charge in [-0.05, 0) is 50.7 Å². The minimum atomic E-state index is -0.502. The summed E-state index contributed by atoms with van der Waals surface area (Å²) in [6, 6.07) is 8.39. The first-order valence-corrected chi connectivity index (χ1v) is 8.60. The zero-order valence-corrected chi connectivity index (χ0v) is 15.5. The molecule has 1 atom stereocenters. The van der Waals surface area contributed by atoms with E-state index < -0.39 is 5.82 Å². The van der Waals surface area contributed by atoms with Crippen LogP contribution in [0.25, 0.3) is 0 Å². The summed E-state index contributed by atoms with van der Waals surface area (Å²) in [5.74, 6) is -0.631. The average Bonchev–Trinajstić information content (AvgIpc) is 2.58. The van der Waals surface area contributed by atoms with Crippen LogP contribution in [0.3, 0.4) is 0 Å². The van der Waals surface area contributed by atoms with Crippen molar-refractivity contribution in [1.82, 2.24) is 9.88 Å². The summed E-state index contributed by atoms with van der Waals surface area (Å²) >= 11 is 5.72. The highest BCUT2D eigenvalue weighted by molar-refractivity contribution is 6.31. The Bertz CT molecular complexity index is 738. The van der Waals surface area contributed by atoms with E-state index in [2.05, 4.69) is 35.1 Å². The standard InChI is InChI=1S/C19H23ClFN3O/c1-13-5-4-9-22-18(13)11-14(2)24(3)10-8-19(25)23-15-6-7-17(21)16(20)12-15/h4-7,9,12,14H,8,10-11H2,1-3H3,(H,23,25). The van der Waals surface area contributed by atoms with Gasteiger partial charge in [-0.3, -0.25) is 9.78 Å². The molecular formula is C19H23ClFN3O. The van der Waals surface area contributed by atoms with Gasteiger partial charge in [0.15, 0.2) is 0 Å². The van der Waals surface area contributed by atoms with Gasteiger partial charge in [-0.2, -0.15) is 0 Å². The highest BCUT2D eigenvalue weighted by Crippen LogP contribution is 2.19. The van der Waals surface area contributed by atoms with Crippen LogP contribution in [-0.4, -0.2) is 35.4 Å². The molecule has 25 heavy (non-hydrogen) atoms. The summed E-state index contributed by atoms with van der Waals surface area (Å²) in [6.07, 6.45) is 2.98. The van der Waals surface area contributed by atoms with Crippen LogP contribution >= 0.6 is 11.6 Å². The quantitative estimate of drug-likeness (QED) is 0.806. The lowest BCUT2D eigenvalue weighted by Gasteiger charge is -2.24. The molecule has 0 aliphatic carbocycles. The third-order valence-corrected chi connectivity index (χ3v) is 4.54. The molecule has 1 unspecified atom stereocenters. The number of aromatic nitrogens is 1. The van der Waals surface area contributed by atoms with Crippen LogP contribution in [-0.2, 0) is 11.2 Å². The molecule has 0 spiro atoms. The number of pyridine rings is 1. The zero-order valence-electron chi connectivity index (χ0n) is 14.7. The molecule has 1 aromatic carbocycles. The Labute approximate surface area is 153 Å². The predicted octanol–water partition coefficient (Wildman–Crippen LogP) is 4.07. The number of anilines is 1. The molecule has 0 fully saturated rings. The molecule has 0 bridgehead atoms. The highest BCUT2D eigenvalue weighted by Gasteiger charge is 2.14. The van der Waals surface area contributed by atoms with Crippen molar-refractivity contribution in [3.05, 3.63) is 58.6 Å². The maximum absolute atomic E-state index is 13.1. The lowest BCUT2D eigenvalue weighted by atomic mass is 10.1. The molecule has 2 rings (SSSR count). The molecule has 0 radical (unpaired) electrons. The van der Waals surface area contributed by atoms with Crippen LogP contribution in [0, 0.1) is 12.7 Å². The maximum Gasteiger partial charge on any atom is 0.225 e. The van der Waals surface area contributed by atoms with Gasteiger partial charge < -0.3 is 10.2 Å². The molecule has 2 aromatic rings. The second-order valence-electron chi connectivity index (χ2n) is 6.23. The van der Waals surface area contributed by atoms with Crippen LogP contribution in [0.1, 0.15) is 24.6 Å². The largest absolute Gasteiger partial charge is 0.326 e. The summed E-state index contributed by atoms with van der Waals surface area (Å²) in [5.41, 5.74) is 2.75. The van der Waals surface area contributed by atoms with Crippen LogP contribution < -0.4 is 5.32 Å². The lowest BCUT2D eigenvalue weighted by molar-refractivity contribution is -0.116. The molecule has 0 saturated heterocycles. The van der Waals surface area contributed by atoms with Crippen molar-refractivity contribution in [3.63, 3.8) is 0 Å². The minimum absolute atomic E-state index is 0.00530. The van der Waals surface area contributed by atoms with Gasteiger partial charge in [-0.15, -0.1) is 0 Å². The van der Waals surface area contributed by atoms with Gasteiger partial charge in [0, 0.05) is 43.0 Å². The lowest BCUT2D eigenvalue weighted by Crippen LogP contribution is -2.34. The Morgan fingerprint density at radius 3 is 2.84 bits per heavy atom. The van der Waals surface area contributed by atoms with E-state index in [1.54, 1.807) is 6.20 Å². The van der Waals surface area contributed by atoms with Crippen molar-refractivity contribution in [2.45, 2.75) is 32.7 Å². The number of hydrogen-bond acceptors (Lipinski definition) is 3. The molecule has 0 aliphatic heterocycles. The molecule has 1 heterocycles. The van der Waals surface area contributed by atoms with E-state index >= 15 is 0 Å². The van der Waals surface area contributed by atoms with E-state index in [9.17, 15) is 9.18 Å². The minimum Gasteiger partial charge on any atom is -0.326 e. The smallest absolute Gasteiger partial charge is 0.225 e. The Morgan fingerprint density at radius 2 is 2.16 bits per heavy atom. The van der Waals surface area contributed by atoms with Gasteiger partial charge >= 0.3 is 0 Å². The predicted molar refractivity (Wildman–Crippen MR) is 99.4 cm³/mol. The van der Waals surface area contributed by atoms with Crippen LogP contribution in [0.5, 0.6) is 0 Å². The molecule has 1 N–H and O–H groups in total. The number of carbonyl (C=O) groups is 1. The van der Waals surface area contributed by atoms with Crippen molar-refractivity contribution in [2.75, 3.05) is 18.9 Å². The van der Waals surface area contributed by atoms with Crippen LogP contribution in [0.4, 0.5) is 10.1 Å². The van der Waals surface area contributed by atoms with E-state index in [1.807, 2.05) is 13.1 Å². The fraction of sp³-hybridized carbons (Fsp3) is 0.368. The summed E-state index contributed by atoms with van der Waals surface area (Å²) in [6.45, 7) is 4.79. The van der Waals surface area contributed by atoms with E-state index in [0.29, 0.717) is 18.7 Å². The number of likely N-dealkylation sites (N-methyl/N-ethyl adjacent to an activating group) is 1. The number of halogens is 2. The van der Waals surface area contributed by atoms with E-state index in [-0.39, 0.29) is 17.0 Å². The van der Waals surface area contributed by atoms with Crippen molar-refractivity contribution < 1.29 is 9.18 Å². The number of carbonyl (C=O) groups excluding carboxylic acids is 1. The van der Waals surface area contributed by atoms with Gasteiger partial charge in [0.05, 0.1) is 5.02 Å². The second-order valence-corrected chi connectivity index (χ2v) is 6.64. The number of hydrogen-bond donors (Lipinski definition) is 1. The molecule has 0 saturated carbocycles. The van der Waals surface area contributed by atoms with Crippen molar-refractivity contribution >= 4 is 23.2 Å². The molecule has 134 valence electrons. The first kappa shape index (κ1) is 19.3. The number of nitrogens with zero attached hydrogens (tertiary/aromatic N) is 2. The summed E-state index contributed by atoms with van der Waals surface area (Å²) in [4.78, 5) is 18.6. The fourth-order valence-electron chi connectivity index (χ4n) is 2.46. The first-order valence-electron chi connectivity index (χ1n) is 8.22. The number of rotatable bonds is 7. The third-order valence-electron chi connectivity index (χ3n) is 4.25. The number of aryl methyl sites for hydroxylation is 1. The second kappa shape index (κ2) is 8.92. The van der Waals surface area contributed by atoms with Crippen molar-refractivity contribution in [1.29, 1.82) is 0 Å². The monoisotopic (exact) mass is 363 g/mol.